The van der Waals surface area contributed by atoms with Crippen LogP contribution >= 0.6 is 0 Å². The number of aldehydes is 1. The first-order valence-electron chi connectivity index (χ1n) is 5.88. The Hall–Kier alpha value is -0.943. The number of carbonyl (C=O) groups excluding carboxylic acids is 1. The van der Waals surface area contributed by atoms with Crippen molar-refractivity contribution in [3.63, 3.8) is 0 Å². The summed E-state index contributed by atoms with van der Waals surface area (Å²) in [6.07, 6.45) is 4.11. The second-order valence-corrected chi connectivity index (χ2v) is 10.6. The zero-order valence-corrected chi connectivity index (χ0v) is 12.4. The summed E-state index contributed by atoms with van der Waals surface area (Å²) < 4.78 is 7.78. The topological polar surface area (TPSA) is 44.1 Å². The number of carbonyl (C=O) groups is 1. The van der Waals surface area contributed by atoms with Crippen LogP contribution in [-0.2, 0) is 11.0 Å². The minimum atomic E-state index is -1.67. The van der Waals surface area contributed by atoms with E-state index in [4.69, 9.17) is 4.43 Å². The van der Waals surface area contributed by atoms with Gasteiger partial charge in [-0.1, -0.05) is 20.8 Å². The molecule has 0 atom stereocenters. The minimum Gasteiger partial charge on any atom is -0.563 e. The van der Waals surface area contributed by atoms with E-state index in [0.29, 0.717) is 18.7 Å². The first kappa shape index (κ1) is 14.1. The molecular weight excluding hydrogens is 232 g/mol. The van der Waals surface area contributed by atoms with Gasteiger partial charge >= 0.3 is 0 Å². The van der Waals surface area contributed by atoms with E-state index in [1.165, 1.54) is 0 Å². The van der Waals surface area contributed by atoms with Crippen molar-refractivity contribution >= 4 is 14.6 Å². The van der Waals surface area contributed by atoms with Crippen molar-refractivity contribution in [1.82, 2.24) is 9.78 Å². The number of nitrogens with zero attached hydrogens (tertiary/aromatic N) is 2. The molecule has 1 aromatic heterocycles. The van der Waals surface area contributed by atoms with Crippen molar-refractivity contribution in [3.05, 3.63) is 18.0 Å². The fraction of sp³-hybridized carbons (Fsp3) is 0.667. The van der Waals surface area contributed by atoms with Crippen molar-refractivity contribution < 1.29 is 9.22 Å². The molecule has 0 spiro atoms. The Morgan fingerprint density at radius 2 is 2.12 bits per heavy atom. The van der Waals surface area contributed by atoms with Gasteiger partial charge in [0.2, 0.25) is 0 Å². The Balaban J connectivity index is 2.45. The maximum Gasteiger partial charge on any atom is 0.153 e. The Kier molecular flexibility index (Phi) is 4.27. The molecule has 5 heteroatoms. The van der Waals surface area contributed by atoms with E-state index in [1.54, 1.807) is 17.1 Å². The molecule has 1 heterocycles. The minimum absolute atomic E-state index is 0.227. The van der Waals surface area contributed by atoms with E-state index >= 15 is 0 Å². The van der Waals surface area contributed by atoms with Gasteiger partial charge in [0.05, 0.1) is 18.3 Å². The summed E-state index contributed by atoms with van der Waals surface area (Å²) in [5, 5.41) is 4.32. The van der Waals surface area contributed by atoms with Crippen LogP contribution < -0.4 is 0 Å². The summed E-state index contributed by atoms with van der Waals surface area (Å²) in [7, 11) is -1.67. The smallest absolute Gasteiger partial charge is 0.153 e. The third kappa shape index (κ3) is 3.78. The van der Waals surface area contributed by atoms with Gasteiger partial charge in [-0.25, -0.2) is 0 Å². The zero-order chi connectivity index (χ0) is 13.1. The monoisotopic (exact) mass is 254 g/mol. The van der Waals surface area contributed by atoms with Gasteiger partial charge in [0, 0.05) is 12.8 Å². The number of hydrogen-bond donors (Lipinski definition) is 0. The predicted molar refractivity (Wildman–Crippen MR) is 70.8 cm³/mol. The van der Waals surface area contributed by atoms with Gasteiger partial charge in [-0.15, -0.1) is 18.1 Å². The summed E-state index contributed by atoms with van der Waals surface area (Å²) in [4.78, 5) is 10.5. The summed E-state index contributed by atoms with van der Waals surface area (Å²) in [6, 6.07) is 0. The lowest BCUT2D eigenvalue weighted by molar-refractivity contribution is 0.112. The summed E-state index contributed by atoms with van der Waals surface area (Å²) in [6.45, 7) is 12.5. The molecule has 0 unspecified atom stereocenters. The van der Waals surface area contributed by atoms with Crippen LogP contribution in [0.15, 0.2) is 12.4 Å². The Labute approximate surface area is 104 Å². The Morgan fingerprint density at radius 1 is 1.47 bits per heavy atom. The molecule has 0 bridgehead atoms. The lowest BCUT2D eigenvalue weighted by atomic mass is 10.2. The van der Waals surface area contributed by atoms with Crippen molar-refractivity contribution in [2.45, 2.75) is 45.4 Å². The van der Waals surface area contributed by atoms with Crippen LogP contribution in [0.5, 0.6) is 0 Å². The molecule has 0 aliphatic rings. The zero-order valence-electron chi connectivity index (χ0n) is 11.4. The molecule has 0 saturated carbocycles. The van der Waals surface area contributed by atoms with E-state index in [9.17, 15) is 4.79 Å². The van der Waals surface area contributed by atoms with Crippen LogP contribution in [0.3, 0.4) is 0 Å². The van der Waals surface area contributed by atoms with Crippen LogP contribution in [0.1, 0.15) is 31.1 Å². The van der Waals surface area contributed by atoms with Gasteiger partial charge in [0.25, 0.3) is 0 Å². The van der Waals surface area contributed by atoms with Gasteiger partial charge in [-0.2, -0.15) is 5.10 Å². The first-order chi connectivity index (χ1) is 7.76. The quantitative estimate of drug-likeness (QED) is 0.599. The summed E-state index contributed by atoms with van der Waals surface area (Å²) in [5.74, 6) is 0. The fourth-order valence-electron chi connectivity index (χ4n) is 1.17. The van der Waals surface area contributed by atoms with Crippen molar-refractivity contribution in [2.75, 3.05) is 6.61 Å². The van der Waals surface area contributed by atoms with Crippen LogP contribution in [0.25, 0.3) is 0 Å². The SMILES string of the molecule is CC(C)(C)[Si-](C)(C)OCCn1cc(C=O)cn1. The highest BCUT2D eigenvalue weighted by atomic mass is 28.4. The molecule has 4 nitrogen and oxygen atoms in total. The number of aromatic nitrogens is 2. The van der Waals surface area contributed by atoms with Gasteiger partial charge in [-0.3, -0.25) is 9.48 Å². The molecule has 0 amide bonds. The number of hydrogen-bond acceptors (Lipinski definition) is 3. The van der Waals surface area contributed by atoms with Crippen molar-refractivity contribution in [1.29, 1.82) is 0 Å². The normalized spacial score (nSPS) is 12.8. The Bertz CT molecular complexity index is 380. The van der Waals surface area contributed by atoms with Gasteiger partial charge in [-0.05, 0) is 8.32 Å². The average Bonchev–Trinajstić information content (AvgIpc) is 2.63. The van der Waals surface area contributed by atoms with Crippen LogP contribution in [0.2, 0.25) is 18.1 Å². The second kappa shape index (κ2) is 5.14. The van der Waals surface area contributed by atoms with E-state index < -0.39 is 8.32 Å². The van der Waals surface area contributed by atoms with E-state index in [-0.39, 0.29) is 5.04 Å². The lowest BCUT2D eigenvalue weighted by Gasteiger charge is -2.48. The largest absolute Gasteiger partial charge is 0.563 e. The van der Waals surface area contributed by atoms with E-state index in [1.807, 2.05) is 0 Å². The van der Waals surface area contributed by atoms with Gasteiger partial charge in [0.1, 0.15) is 0 Å². The van der Waals surface area contributed by atoms with Crippen molar-refractivity contribution in [2.24, 2.45) is 0 Å². The van der Waals surface area contributed by atoms with Gasteiger partial charge in [0.15, 0.2) is 6.29 Å². The second-order valence-electron chi connectivity index (χ2n) is 5.76. The van der Waals surface area contributed by atoms with E-state index in [0.717, 1.165) is 6.29 Å². The molecule has 0 aliphatic heterocycles. The fourth-order valence-corrected chi connectivity index (χ4v) is 2.21. The molecule has 0 radical (unpaired) electrons. The highest BCUT2D eigenvalue weighted by Crippen LogP contribution is 2.36. The van der Waals surface area contributed by atoms with Crippen molar-refractivity contribution in [3.8, 4) is 0 Å². The maximum atomic E-state index is 10.5. The lowest BCUT2D eigenvalue weighted by Crippen LogP contribution is -2.41. The highest BCUT2D eigenvalue weighted by Gasteiger charge is 2.24. The van der Waals surface area contributed by atoms with E-state index in [2.05, 4.69) is 39.0 Å². The summed E-state index contributed by atoms with van der Waals surface area (Å²) >= 11 is 0. The molecule has 0 N–H and O–H groups in total. The van der Waals surface area contributed by atoms with Gasteiger partial charge < -0.3 is 4.43 Å². The summed E-state index contributed by atoms with van der Waals surface area (Å²) in [5.41, 5.74) is 0.609. The molecule has 1 rings (SSSR count). The van der Waals surface area contributed by atoms with Crippen LogP contribution in [-0.4, -0.2) is 31.0 Å². The van der Waals surface area contributed by atoms with Crippen LogP contribution in [0.4, 0.5) is 0 Å². The first-order valence-corrected chi connectivity index (χ1v) is 8.79. The molecule has 0 fully saturated rings. The molecular formula is C12H22N2O2Si-. The molecule has 1 aromatic rings. The molecule has 97 valence electrons. The third-order valence-corrected chi connectivity index (χ3v) is 7.92. The Morgan fingerprint density at radius 3 is 2.59 bits per heavy atom. The molecule has 0 aliphatic carbocycles. The molecule has 17 heavy (non-hydrogen) atoms. The highest BCUT2D eigenvalue weighted by molar-refractivity contribution is 6.74. The maximum absolute atomic E-state index is 10.5. The standard InChI is InChI=1S/C12H22N2O2Si/c1-12(2,3)17(4,5)16-7-6-14-9-11(10-15)8-13-14/h8-10H,6-7H2,1-5H3/q-1. The average molecular weight is 254 g/mol. The molecule has 0 saturated heterocycles. The van der Waals surface area contributed by atoms with Crippen LogP contribution in [0, 0.1) is 0 Å². The third-order valence-electron chi connectivity index (χ3n) is 3.38. The number of rotatable bonds is 5. The predicted octanol–water partition coefficient (Wildman–Crippen LogP) is 2.72. The molecule has 0 aromatic carbocycles.